The maximum atomic E-state index is 13.5. The predicted molar refractivity (Wildman–Crippen MR) is 138 cm³/mol. The average Bonchev–Trinajstić information content (AvgIpc) is 3.48. The molecule has 4 rings (SSSR count). The Kier molecular flexibility index (Phi) is 7.80. The third kappa shape index (κ3) is 5.84. The highest BCUT2D eigenvalue weighted by atomic mass is 32.2. The van der Waals surface area contributed by atoms with Crippen LogP contribution < -0.4 is 14.8 Å². The fourth-order valence-corrected chi connectivity index (χ4v) is 7.21. The molecule has 0 spiro atoms. The van der Waals surface area contributed by atoms with Gasteiger partial charge in [0.25, 0.3) is 15.9 Å². The predicted octanol–water partition coefficient (Wildman–Crippen LogP) is 1.89. The Balaban J connectivity index is 1.62. The number of esters is 1. The second-order valence-electron chi connectivity index (χ2n) is 8.36. The fourth-order valence-electron chi connectivity index (χ4n) is 4.00. The van der Waals surface area contributed by atoms with Crippen LogP contribution in [0, 0.1) is 0 Å². The molecule has 38 heavy (non-hydrogen) atoms. The van der Waals surface area contributed by atoms with Gasteiger partial charge < -0.3 is 4.74 Å². The normalized spacial score (nSPS) is 16.3. The first-order valence-corrected chi connectivity index (χ1v) is 15.1. The maximum absolute atomic E-state index is 13.5. The largest absolute Gasteiger partial charge is 0.427 e. The lowest BCUT2D eigenvalue weighted by Crippen LogP contribution is -2.46. The number of primary sulfonamides is 1. The highest BCUT2D eigenvalue weighted by molar-refractivity contribution is 7.91. The molecule has 1 aromatic heterocycles. The van der Waals surface area contributed by atoms with Crippen LogP contribution in [0.15, 0.2) is 75.1 Å². The van der Waals surface area contributed by atoms with Gasteiger partial charge in [0, 0.05) is 13.5 Å². The number of ether oxygens (including phenoxy) is 1. The molecule has 0 saturated carbocycles. The summed E-state index contributed by atoms with van der Waals surface area (Å²) in [5.41, 5.74) is 0.823. The van der Waals surface area contributed by atoms with Crippen molar-refractivity contribution in [2.24, 2.45) is 5.14 Å². The number of benzene rings is 2. The maximum Gasteiger partial charge on any atom is 0.308 e. The van der Waals surface area contributed by atoms with Gasteiger partial charge in [-0.05, 0) is 59.8 Å². The minimum atomic E-state index is -4.15. The third-order valence-electron chi connectivity index (χ3n) is 5.76. The molecule has 2 N–H and O–H groups in total. The minimum Gasteiger partial charge on any atom is -0.427 e. The summed E-state index contributed by atoms with van der Waals surface area (Å²) in [5, 5.41) is 6.72. The van der Waals surface area contributed by atoms with Crippen molar-refractivity contribution in [3.8, 4) is 5.75 Å². The summed E-state index contributed by atoms with van der Waals surface area (Å²) in [7, 11) is -8.03. The molecule has 3 aromatic rings. The van der Waals surface area contributed by atoms with Gasteiger partial charge in [0.05, 0.1) is 17.0 Å². The number of hydrogen-bond acceptors (Lipinski definition) is 9. The lowest BCUT2D eigenvalue weighted by atomic mass is 10.1. The van der Waals surface area contributed by atoms with Gasteiger partial charge in [0.15, 0.2) is 0 Å². The van der Waals surface area contributed by atoms with Gasteiger partial charge in [-0.15, -0.1) is 11.3 Å². The van der Waals surface area contributed by atoms with Gasteiger partial charge >= 0.3 is 5.97 Å². The van der Waals surface area contributed by atoms with Crippen LogP contribution in [-0.4, -0.2) is 51.5 Å². The van der Waals surface area contributed by atoms with E-state index in [2.05, 4.69) is 0 Å². The number of thiophene rings is 1. The van der Waals surface area contributed by atoms with Crippen molar-refractivity contribution in [1.82, 2.24) is 4.31 Å². The van der Waals surface area contributed by atoms with Gasteiger partial charge in [-0.1, -0.05) is 18.2 Å². The number of nitrogens with two attached hydrogens (primary N) is 1. The second-order valence-corrected chi connectivity index (χ2v) is 13.0. The van der Waals surface area contributed by atoms with Crippen LogP contribution in [0.25, 0.3) is 0 Å². The summed E-state index contributed by atoms with van der Waals surface area (Å²) < 4.78 is 56.1. The smallest absolute Gasteiger partial charge is 0.308 e. The third-order valence-corrected chi connectivity index (χ3v) is 9.97. The molecular formula is C24H23N3O8S3. The number of carbonyl (C=O) groups is 3. The highest BCUT2D eigenvalue weighted by Crippen LogP contribution is 2.31. The van der Waals surface area contributed by atoms with Crippen molar-refractivity contribution < 1.29 is 36.0 Å². The van der Waals surface area contributed by atoms with E-state index in [0.717, 1.165) is 20.5 Å². The van der Waals surface area contributed by atoms with E-state index in [1.54, 1.807) is 11.4 Å². The van der Waals surface area contributed by atoms with Gasteiger partial charge in [0.1, 0.15) is 16.0 Å². The van der Waals surface area contributed by atoms with E-state index in [-0.39, 0.29) is 39.9 Å². The standard InChI is InChI=1S/C24H23N3O8S3/c1-16(28)35-19-8-6-18(7-9-19)27-22(29)15-21(24(27)30)26(38(33,34)23-3-2-14-36-23)13-12-17-4-10-20(11-5-17)37(25,31)32/h2-11,14,21H,12-13,15H2,1H3,(H2,25,31,32). The van der Waals surface area contributed by atoms with E-state index in [4.69, 9.17) is 9.88 Å². The molecule has 200 valence electrons. The summed E-state index contributed by atoms with van der Waals surface area (Å²) >= 11 is 0.987. The number of hydrogen-bond donors (Lipinski definition) is 1. The highest BCUT2D eigenvalue weighted by Gasteiger charge is 2.47. The Bertz CT molecular complexity index is 1570. The van der Waals surface area contributed by atoms with Crippen LogP contribution in [0.3, 0.4) is 0 Å². The molecule has 14 heteroatoms. The molecule has 0 radical (unpaired) electrons. The van der Waals surface area contributed by atoms with E-state index >= 15 is 0 Å². The number of nitrogens with zero attached hydrogens (tertiary/aromatic N) is 2. The number of imide groups is 1. The van der Waals surface area contributed by atoms with Crippen LogP contribution in [0.5, 0.6) is 5.75 Å². The number of rotatable bonds is 9. The first-order chi connectivity index (χ1) is 17.9. The topological polar surface area (TPSA) is 161 Å². The molecular weight excluding hydrogens is 554 g/mol. The lowest BCUT2D eigenvalue weighted by molar-refractivity contribution is -0.132. The zero-order valence-corrected chi connectivity index (χ0v) is 22.5. The molecule has 2 aromatic carbocycles. The van der Waals surface area contributed by atoms with Crippen molar-refractivity contribution in [2.75, 3.05) is 11.4 Å². The van der Waals surface area contributed by atoms with Crippen LogP contribution in [0.2, 0.25) is 0 Å². The van der Waals surface area contributed by atoms with E-state index in [1.165, 1.54) is 61.5 Å². The Morgan fingerprint density at radius 1 is 1.05 bits per heavy atom. The number of amides is 2. The van der Waals surface area contributed by atoms with Crippen molar-refractivity contribution in [3.05, 3.63) is 71.6 Å². The molecule has 1 atom stereocenters. The van der Waals surface area contributed by atoms with E-state index < -0.39 is 43.9 Å². The van der Waals surface area contributed by atoms with E-state index in [1.807, 2.05) is 0 Å². The molecule has 1 fully saturated rings. The zero-order valence-electron chi connectivity index (χ0n) is 20.0. The van der Waals surface area contributed by atoms with E-state index in [0.29, 0.717) is 5.56 Å². The quantitative estimate of drug-likeness (QED) is 0.229. The summed E-state index contributed by atoms with van der Waals surface area (Å²) in [5.74, 6) is -1.59. The van der Waals surface area contributed by atoms with Gasteiger partial charge in [0.2, 0.25) is 15.9 Å². The Labute approximate surface area is 223 Å². The molecule has 1 aliphatic heterocycles. The first kappa shape index (κ1) is 27.6. The zero-order chi connectivity index (χ0) is 27.7. The first-order valence-electron chi connectivity index (χ1n) is 11.2. The van der Waals surface area contributed by atoms with Crippen molar-refractivity contribution in [2.45, 2.75) is 34.9 Å². The van der Waals surface area contributed by atoms with Crippen LogP contribution in [-0.2, 0) is 40.9 Å². The Hall–Kier alpha value is -3.43. The molecule has 2 amide bonds. The minimum absolute atomic E-state index is 0.0199. The number of sulfonamides is 2. The summed E-state index contributed by atoms with van der Waals surface area (Å²) in [4.78, 5) is 38.3. The molecule has 1 aliphatic rings. The molecule has 0 bridgehead atoms. The van der Waals surface area contributed by atoms with Crippen molar-refractivity contribution >= 4 is 54.9 Å². The number of anilines is 1. The van der Waals surface area contributed by atoms with Crippen LogP contribution in [0.1, 0.15) is 18.9 Å². The monoisotopic (exact) mass is 577 g/mol. The van der Waals surface area contributed by atoms with Gasteiger partial charge in [-0.25, -0.2) is 26.9 Å². The molecule has 1 unspecified atom stereocenters. The van der Waals surface area contributed by atoms with Crippen molar-refractivity contribution in [3.63, 3.8) is 0 Å². The van der Waals surface area contributed by atoms with Crippen molar-refractivity contribution in [1.29, 1.82) is 0 Å². The lowest BCUT2D eigenvalue weighted by Gasteiger charge is -2.26. The SMILES string of the molecule is CC(=O)Oc1ccc(N2C(=O)CC(N(CCc3ccc(S(N)(=O)=O)cc3)S(=O)(=O)c3cccs3)C2=O)cc1. The van der Waals surface area contributed by atoms with Crippen LogP contribution in [0.4, 0.5) is 5.69 Å². The number of carbonyl (C=O) groups excluding carboxylic acids is 3. The molecule has 1 saturated heterocycles. The molecule has 0 aliphatic carbocycles. The second kappa shape index (κ2) is 10.7. The summed E-state index contributed by atoms with van der Waals surface area (Å²) in [6.45, 7) is 1.10. The fraction of sp³-hybridized carbons (Fsp3) is 0.208. The van der Waals surface area contributed by atoms with Gasteiger partial charge in [-0.2, -0.15) is 4.31 Å². The Morgan fingerprint density at radius 3 is 2.26 bits per heavy atom. The molecule has 11 nitrogen and oxygen atoms in total. The van der Waals surface area contributed by atoms with Crippen LogP contribution >= 0.6 is 11.3 Å². The van der Waals surface area contributed by atoms with Gasteiger partial charge in [-0.3, -0.25) is 14.4 Å². The van der Waals surface area contributed by atoms with E-state index in [9.17, 15) is 31.2 Å². The Morgan fingerprint density at radius 2 is 1.71 bits per heavy atom. The summed E-state index contributed by atoms with van der Waals surface area (Å²) in [6.07, 6.45) is -0.218. The average molecular weight is 578 g/mol. The summed E-state index contributed by atoms with van der Waals surface area (Å²) in [6, 6.07) is 13.1. The molecule has 2 heterocycles.